The SMILES string of the molecule is Bc1cccc2c1CCC1(C2)NC(=O)NC1=O. The Hall–Kier alpha value is -1.78. The smallest absolute Gasteiger partial charge is 0.322 e. The number of carbonyl (C=O) groups excluding carboxylic acids is 2. The van der Waals surface area contributed by atoms with Gasteiger partial charge in [0.05, 0.1) is 0 Å². The number of imide groups is 1. The minimum absolute atomic E-state index is 0.186. The summed E-state index contributed by atoms with van der Waals surface area (Å²) in [6.45, 7) is 0. The Morgan fingerprint density at radius 1 is 1.29 bits per heavy atom. The van der Waals surface area contributed by atoms with E-state index in [2.05, 4.69) is 24.5 Å². The van der Waals surface area contributed by atoms with Crippen LogP contribution in [0.2, 0.25) is 0 Å². The lowest BCUT2D eigenvalue weighted by atomic mass is 9.73. The molecule has 0 aromatic heterocycles. The average molecular weight is 228 g/mol. The molecule has 1 aromatic rings. The van der Waals surface area contributed by atoms with Gasteiger partial charge < -0.3 is 5.32 Å². The highest BCUT2D eigenvalue weighted by atomic mass is 16.2. The topological polar surface area (TPSA) is 58.2 Å². The number of benzene rings is 1. The standard InChI is InChI=1S/C12H13BN2O2/c13-9-3-1-2-7-6-12(5-4-8(7)9)10(16)14-11(17)15-12/h1-3H,4-6,13H2,(H2,14,15,16,17). The number of hydrogen-bond acceptors (Lipinski definition) is 2. The van der Waals surface area contributed by atoms with Crippen LogP contribution in [0.3, 0.4) is 0 Å². The van der Waals surface area contributed by atoms with Gasteiger partial charge in [-0.25, -0.2) is 4.79 Å². The van der Waals surface area contributed by atoms with Crippen molar-refractivity contribution < 1.29 is 9.59 Å². The summed E-state index contributed by atoms with van der Waals surface area (Å²) in [6.07, 6.45) is 2.12. The van der Waals surface area contributed by atoms with E-state index in [1.165, 1.54) is 16.6 Å². The van der Waals surface area contributed by atoms with Gasteiger partial charge in [0.1, 0.15) is 13.4 Å². The van der Waals surface area contributed by atoms with E-state index in [1.807, 2.05) is 12.1 Å². The first kappa shape index (κ1) is 10.4. The van der Waals surface area contributed by atoms with Gasteiger partial charge in [0.2, 0.25) is 0 Å². The lowest BCUT2D eigenvalue weighted by Gasteiger charge is -2.32. The molecular weight excluding hydrogens is 215 g/mol. The fourth-order valence-electron chi connectivity index (χ4n) is 2.87. The molecular formula is C12H13BN2O2. The summed E-state index contributed by atoms with van der Waals surface area (Å²) in [5, 5.41) is 5.11. The molecule has 0 bridgehead atoms. The Balaban J connectivity index is 2.01. The van der Waals surface area contributed by atoms with Gasteiger partial charge in [-0.15, -0.1) is 0 Å². The molecule has 86 valence electrons. The van der Waals surface area contributed by atoms with Crippen molar-refractivity contribution in [3.05, 3.63) is 29.3 Å². The lowest BCUT2D eigenvalue weighted by Crippen LogP contribution is -2.51. The molecule has 0 radical (unpaired) electrons. The number of nitrogens with one attached hydrogen (secondary N) is 2. The van der Waals surface area contributed by atoms with Crippen LogP contribution in [0.25, 0.3) is 0 Å². The maximum absolute atomic E-state index is 11.9. The van der Waals surface area contributed by atoms with Gasteiger partial charge in [-0.1, -0.05) is 29.2 Å². The third kappa shape index (κ3) is 1.45. The molecule has 1 aliphatic carbocycles. The Morgan fingerprint density at radius 3 is 2.82 bits per heavy atom. The summed E-state index contributed by atoms with van der Waals surface area (Å²) in [5.41, 5.74) is 3.06. The van der Waals surface area contributed by atoms with Gasteiger partial charge in [-0.2, -0.15) is 0 Å². The second kappa shape index (κ2) is 3.36. The maximum Gasteiger partial charge on any atom is 0.322 e. The Bertz CT molecular complexity index is 529. The first-order valence-corrected chi connectivity index (χ1v) is 5.82. The van der Waals surface area contributed by atoms with Gasteiger partial charge >= 0.3 is 6.03 Å². The number of hydrogen-bond donors (Lipinski definition) is 2. The summed E-state index contributed by atoms with van der Waals surface area (Å²) in [6, 6.07) is 5.76. The van der Waals surface area contributed by atoms with Crippen LogP contribution in [0.15, 0.2) is 18.2 Å². The van der Waals surface area contributed by atoms with Crippen LogP contribution >= 0.6 is 0 Å². The first-order chi connectivity index (χ1) is 8.11. The van der Waals surface area contributed by atoms with Crippen LogP contribution in [0.1, 0.15) is 17.5 Å². The Kier molecular flexibility index (Phi) is 2.05. The molecule has 1 aliphatic heterocycles. The van der Waals surface area contributed by atoms with Gasteiger partial charge in [0.15, 0.2) is 0 Å². The zero-order valence-corrected chi connectivity index (χ0v) is 9.67. The second-order valence-electron chi connectivity index (χ2n) is 4.88. The Morgan fingerprint density at radius 2 is 2.12 bits per heavy atom. The van der Waals surface area contributed by atoms with E-state index in [1.54, 1.807) is 0 Å². The fraction of sp³-hybridized carbons (Fsp3) is 0.333. The van der Waals surface area contributed by atoms with Crippen molar-refractivity contribution in [3.63, 3.8) is 0 Å². The summed E-state index contributed by atoms with van der Waals surface area (Å²) in [5.74, 6) is -0.186. The van der Waals surface area contributed by atoms with Crippen molar-refractivity contribution in [2.75, 3.05) is 0 Å². The largest absolute Gasteiger partial charge is 0.323 e. The summed E-state index contributed by atoms with van der Waals surface area (Å²) in [7, 11) is 2.09. The van der Waals surface area contributed by atoms with Gasteiger partial charge in [0, 0.05) is 6.42 Å². The normalized spacial score (nSPS) is 26.6. The summed E-state index contributed by atoms with van der Waals surface area (Å²) in [4.78, 5) is 23.1. The summed E-state index contributed by atoms with van der Waals surface area (Å²) < 4.78 is 0. The van der Waals surface area contributed by atoms with E-state index >= 15 is 0 Å². The van der Waals surface area contributed by atoms with Crippen molar-refractivity contribution in [1.29, 1.82) is 0 Å². The maximum atomic E-state index is 11.9. The molecule has 1 atom stereocenters. The van der Waals surface area contributed by atoms with Crippen molar-refractivity contribution >= 4 is 25.2 Å². The molecule has 17 heavy (non-hydrogen) atoms. The van der Waals surface area contributed by atoms with E-state index in [0.717, 1.165) is 6.42 Å². The fourth-order valence-corrected chi connectivity index (χ4v) is 2.87. The van der Waals surface area contributed by atoms with E-state index in [0.29, 0.717) is 12.8 Å². The molecule has 1 spiro atoms. The monoisotopic (exact) mass is 228 g/mol. The number of fused-ring (bicyclic) bond motifs is 1. The third-order valence-corrected chi connectivity index (χ3v) is 3.82. The predicted octanol–water partition coefficient (Wildman–Crippen LogP) is -0.988. The molecule has 3 amide bonds. The number of rotatable bonds is 0. The van der Waals surface area contributed by atoms with Crippen LogP contribution in [0.5, 0.6) is 0 Å². The van der Waals surface area contributed by atoms with E-state index < -0.39 is 5.54 Å². The minimum atomic E-state index is -0.710. The molecule has 2 N–H and O–H groups in total. The zero-order valence-electron chi connectivity index (χ0n) is 9.67. The molecule has 1 unspecified atom stereocenters. The Labute approximate surface area is 100 Å². The minimum Gasteiger partial charge on any atom is -0.323 e. The molecule has 1 aromatic carbocycles. The molecule has 0 saturated carbocycles. The molecule has 3 rings (SSSR count). The molecule has 1 heterocycles. The predicted molar refractivity (Wildman–Crippen MR) is 66.1 cm³/mol. The van der Waals surface area contributed by atoms with Crippen LogP contribution in [-0.4, -0.2) is 25.3 Å². The average Bonchev–Trinajstić information content (AvgIpc) is 2.53. The highest BCUT2D eigenvalue weighted by Crippen LogP contribution is 2.29. The zero-order chi connectivity index (χ0) is 12.0. The number of carbonyl (C=O) groups is 2. The lowest BCUT2D eigenvalue weighted by molar-refractivity contribution is -0.124. The van der Waals surface area contributed by atoms with Crippen molar-refractivity contribution in [2.24, 2.45) is 0 Å². The first-order valence-electron chi connectivity index (χ1n) is 5.82. The van der Waals surface area contributed by atoms with E-state index in [4.69, 9.17) is 0 Å². The molecule has 5 heteroatoms. The van der Waals surface area contributed by atoms with E-state index in [9.17, 15) is 9.59 Å². The quantitative estimate of drug-likeness (QED) is 0.442. The van der Waals surface area contributed by atoms with Crippen molar-refractivity contribution in [2.45, 2.75) is 24.8 Å². The highest BCUT2D eigenvalue weighted by molar-refractivity contribution is 6.33. The van der Waals surface area contributed by atoms with Crippen LogP contribution in [0, 0.1) is 0 Å². The van der Waals surface area contributed by atoms with Gasteiger partial charge in [-0.05, 0) is 18.4 Å². The molecule has 1 saturated heterocycles. The molecule has 4 nitrogen and oxygen atoms in total. The van der Waals surface area contributed by atoms with Gasteiger partial charge in [0.25, 0.3) is 5.91 Å². The van der Waals surface area contributed by atoms with Crippen molar-refractivity contribution in [3.8, 4) is 0 Å². The molecule has 2 aliphatic rings. The van der Waals surface area contributed by atoms with Gasteiger partial charge in [-0.3, -0.25) is 10.1 Å². The summed E-state index contributed by atoms with van der Waals surface area (Å²) >= 11 is 0. The number of amides is 3. The van der Waals surface area contributed by atoms with Crippen molar-refractivity contribution in [1.82, 2.24) is 10.6 Å². The van der Waals surface area contributed by atoms with Crippen LogP contribution < -0.4 is 16.1 Å². The second-order valence-corrected chi connectivity index (χ2v) is 4.88. The van der Waals surface area contributed by atoms with E-state index in [-0.39, 0.29) is 11.9 Å². The van der Waals surface area contributed by atoms with Crippen LogP contribution in [0.4, 0.5) is 4.79 Å². The highest BCUT2D eigenvalue weighted by Gasteiger charge is 2.47. The third-order valence-electron chi connectivity index (χ3n) is 3.82. The number of urea groups is 1. The van der Waals surface area contributed by atoms with Crippen LogP contribution in [-0.2, 0) is 17.6 Å². The molecule has 1 fully saturated rings.